The molecule has 1 unspecified atom stereocenters. The molecule has 1 saturated heterocycles. The molecule has 4 heteroatoms. The maximum Gasteiger partial charge on any atom is 0.540 e. The predicted molar refractivity (Wildman–Crippen MR) is 60.1 cm³/mol. The van der Waals surface area contributed by atoms with E-state index in [-0.39, 0.29) is 17.6 Å². The number of hydrogen-bond acceptors (Lipinski definition) is 2. The first-order valence-corrected chi connectivity index (χ1v) is 5.53. The molecular weight excluding hydrogens is 243 g/mol. The van der Waals surface area contributed by atoms with Gasteiger partial charge in [0.15, 0.2) is 0 Å². The summed E-state index contributed by atoms with van der Waals surface area (Å²) in [6.45, 7) is 4.07. The fourth-order valence-corrected chi connectivity index (χ4v) is 2.40. The molecule has 1 fully saturated rings. The summed E-state index contributed by atoms with van der Waals surface area (Å²) in [7, 11) is 0. The third-order valence-corrected chi connectivity index (χ3v) is 2.78. The van der Waals surface area contributed by atoms with Crippen molar-refractivity contribution in [1.82, 2.24) is 0 Å². The molecule has 0 aliphatic carbocycles. The van der Waals surface area contributed by atoms with Gasteiger partial charge in [0.2, 0.25) is 0 Å². The predicted octanol–water partition coefficient (Wildman–Crippen LogP) is 2.93. The van der Waals surface area contributed by atoms with Gasteiger partial charge in [-0.1, -0.05) is 46.1 Å². The Bertz CT molecular complexity index is 315. The molecule has 1 aliphatic rings. The summed E-state index contributed by atoms with van der Waals surface area (Å²) < 4.78 is 11.3. The Kier molecular flexibility index (Phi) is 2.69. The molecule has 1 aliphatic heterocycles. The SMILES string of the molecule is CC1(C)OB(Br)OC1c1ccccc1. The third kappa shape index (κ3) is 1.87. The third-order valence-electron chi connectivity index (χ3n) is 2.37. The van der Waals surface area contributed by atoms with E-state index in [1.165, 1.54) is 0 Å². The van der Waals surface area contributed by atoms with Crippen molar-refractivity contribution < 1.29 is 9.31 Å². The second kappa shape index (κ2) is 3.68. The maximum atomic E-state index is 5.66. The standard InChI is InChI=1S/C10H12BBrO2/c1-10(2)9(13-11(12)14-10)8-6-4-3-5-7-8/h3-7,9H,1-2H3. The molecule has 0 saturated carbocycles. The average Bonchev–Trinajstić information content (AvgIpc) is 2.41. The minimum absolute atomic E-state index is 0.00641. The zero-order valence-electron chi connectivity index (χ0n) is 8.24. The van der Waals surface area contributed by atoms with Gasteiger partial charge in [-0.25, -0.2) is 0 Å². The molecule has 2 rings (SSSR count). The summed E-state index contributed by atoms with van der Waals surface area (Å²) in [4.78, 5) is 0. The zero-order valence-corrected chi connectivity index (χ0v) is 9.82. The van der Waals surface area contributed by atoms with Crippen LogP contribution in [-0.4, -0.2) is 11.5 Å². The van der Waals surface area contributed by atoms with E-state index >= 15 is 0 Å². The van der Waals surface area contributed by atoms with Gasteiger partial charge in [0.1, 0.15) is 0 Å². The highest BCUT2D eigenvalue weighted by Crippen LogP contribution is 2.40. The highest BCUT2D eigenvalue weighted by Gasteiger charge is 2.44. The van der Waals surface area contributed by atoms with Crippen LogP contribution in [0.1, 0.15) is 25.5 Å². The number of halogens is 1. The number of benzene rings is 1. The first-order valence-electron chi connectivity index (χ1n) is 4.62. The second-order valence-corrected chi connectivity index (χ2v) is 4.67. The van der Waals surface area contributed by atoms with Crippen LogP contribution >= 0.6 is 15.8 Å². The molecule has 0 bridgehead atoms. The van der Waals surface area contributed by atoms with Crippen LogP contribution in [0.15, 0.2) is 30.3 Å². The highest BCUT2D eigenvalue weighted by molar-refractivity contribution is 9.24. The average molecular weight is 255 g/mol. The van der Waals surface area contributed by atoms with Crippen molar-refractivity contribution in [3.63, 3.8) is 0 Å². The lowest BCUT2D eigenvalue weighted by molar-refractivity contribution is 0.0729. The van der Waals surface area contributed by atoms with Crippen molar-refractivity contribution in [3.8, 4) is 0 Å². The van der Waals surface area contributed by atoms with E-state index in [1.807, 2.05) is 32.0 Å². The lowest BCUT2D eigenvalue weighted by Crippen LogP contribution is -2.26. The Morgan fingerprint density at radius 2 is 1.93 bits per heavy atom. The van der Waals surface area contributed by atoms with Gasteiger partial charge in [-0.15, -0.1) is 0 Å². The fraction of sp³-hybridized carbons (Fsp3) is 0.400. The Labute approximate surface area is 92.7 Å². The van der Waals surface area contributed by atoms with Crippen molar-refractivity contribution in [3.05, 3.63) is 35.9 Å². The van der Waals surface area contributed by atoms with E-state index in [4.69, 9.17) is 9.31 Å². The summed E-state index contributed by atoms with van der Waals surface area (Å²) in [6.07, 6.45) is -0.00641. The lowest BCUT2D eigenvalue weighted by atomic mass is 9.95. The largest absolute Gasteiger partial charge is 0.540 e. The van der Waals surface area contributed by atoms with Crippen LogP contribution in [0.25, 0.3) is 0 Å². The molecule has 0 spiro atoms. The topological polar surface area (TPSA) is 18.5 Å². The quantitative estimate of drug-likeness (QED) is 0.718. The van der Waals surface area contributed by atoms with Crippen LogP contribution in [0.5, 0.6) is 0 Å². The van der Waals surface area contributed by atoms with Crippen molar-refractivity contribution in [2.45, 2.75) is 25.6 Å². The Hall–Kier alpha value is -0.315. The minimum Gasteiger partial charge on any atom is -0.394 e. The summed E-state index contributed by atoms with van der Waals surface area (Å²) in [5, 5.41) is 0. The van der Waals surface area contributed by atoms with E-state index in [2.05, 4.69) is 27.9 Å². The van der Waals surface area contributed by atoms with E-state index in [9.17, 15) is 0 Å². The summed E-state index contributed by atoms with van der Waals surface area (Å²) in [5.74, 6) is -0.303. The van der Waals surface area contributed by atoms with Crippen LogP contribution in [0.4, 0.5) is 0 Å². The van der Waals surface area contributed by atoms with E-state index < -0.39 is 0 Å². The van der Waals surface area contributed by atoms with Gasteiger partial charge >= 0.3 is 5.94 Å². The van der Waals surface area contributed by atoms with Gasteiger partial charge < -0.3 is 9.31 Å². The van der Waals surface area contributed by atoms with Crippen LogP contribution in [0, 0.1) is 0 Å². The Morgan fingerprint density at radius 1 is 1.29 bits per heavy atom. The molecule has 0 radical (unpaired) electrons. The lowest BCUT2D eigenvalue weighted by Gasteiger charge is -2.25. The Balaban J connectivity index is 2.27. The molecule has 1 heterocycles. The maximum absolute atomic E-state index is 5.66. The first kappa shape index (κ1) is 10.2. The van der Waals surface area contributed by atoms with E-state index in [0.717, 1.165) is 5.56 Å². The molecule has 0 aromatic heterocycles. The van der Waals surface area contributed by atoms with Gasteiger partial charge in [0, 0.05) is 0 Å². The summed E-state index contributed by atoms with van der Waals surface area (Å²) in [5.41, 5.74) is 0.870. The fourth-order valence-electron chi connectivity index (χ4n) is 1.71. The molecule has 14 heavy (non-hydrogen) atoms. The van der Waals surface area contributed by atoms with Crippen LogP contribution < -0.4 is 0 Å². The molecule has 1 aromatic rings. The minimum atomic E-state index is -0.303. The van der Waals surface area contributed by atoms with E-state index in [1.54, 1.807) is 0 Å². The normalized spacial score (nSPS) is 25.4. The smallest absolute Gasteiger partial charge is 0.394 e. The number of rotatable bonds is 1. The molecule has 0 amide bonds. The van der Waals surface area contributed by atoms with Gasteiger partial charge in [-0.2, -0.15) is 0 Å². The van der Waals surface area contributed by atoms with Crippen LogP contribution in [0.2, 0.25) is 0 Å². The second-order valence-electron chi connectivity index (χ2n) is 3.92. The van der Waals surface area contributed by atoms with Gasteiger partial charge in [-0.05, 0) is 19.4 Å². The summed E-state index contributed by atoms with van der Waals surface area (Å²) in [6, 6.07) is 10.1. The van der Waals surface area contributed by atoms with E-state index in [0.29, 0.717) is 0 Å². The molecule has 1 aromatic carbocycles. The Morgan fingerprint density at radius 3 is 2.43 bits per heavy atom. The molecule has 0 N–H and O–H groups in total. The molecule has 2 nitrogen and oxygen atoms in total. The molecule has 74 valence electrons. The van der Waals surface area contributed by atoms with Gasteiger partial charge in [-0.3, -0.25) is 0 Å². The van der Waals surface area contributed by atoms with Crippen molar-refractivity contribution in [2.75, 3.05) is 0 Å². The highest BCUT2D eigenvalue weighted by atomic mass is 79.9. The van der Waals surface area contributed by atoms with Crippen LogP contribution in [0.3, 0.4) is 0 Å². The van der Waals surface area contributed by atoms with Gasteiger partial charge in [0.05, 0.1) is 11.7 Å². The zero-order chi connectivity index (χ0) is 10.2. The monoisotopic (exact) mass is 254 g/mol. The van der Waals surface area contributed by atoms with Crippen molar-refractivity contribution in [1.29, 1.82) is 0 Å². The first-order chi connectivity index (χ1) is 6.59. The van der Waals surface area contributed by atoms with Crippen LogP contribution in [-0.2, 0) is 9.31 Å². The summed E-state index contributed by atoms with van der Waals surface area (Å²) >= 11 is 3.31. The molecular formula is C10H12BBrO2. The van der Waals surface area contributed by atoms with Gasteiger partial charge in [0.25, 0.3) is 0 Å². The number of hydrogen-bond donors (Lipinski definition) is 0. The molecule has 1 atom stereocenters. The van der Waals surface area contributed by atoms with Crippen molar-refractivity contribution in [2.24, 2.45) is 0 Å². The van der Waals surface area contributed by atoms with Crippen molar-refractivity contribution >= 4 is 21.7 Å².